The molecule has 16 heavy (non-hydrogen) atoms. The van der Waals surface area contributed by atoms with E-state index >= 15 is 0 Å². The van der Waals surface area contributed by atoms with Gasteiger partial charge in [0.05, 0.1) is 6.07 Å². The van der Waals surface area contributed by atoms with E-state index in [1.807, 2.05) is 0 Å². The number of hydrogen-bond acceptors (Lipinski definition) is 4. The van der Waals surface area contributed by atoms with Gasteiger partial charge < -0.3 is 10.1 Å². The number of nitrogens with one attached hydrogen (secondary N) is 1. The third-order valence-corrected chi connectivity index (χ3v) is 1.71. The predicted octanol–water partition coefficient (Wildman–Crippen LogP) is 0.992. The first-order valence-electron chi connectivity index (χ1n) is 5.10. The van der Waals surface area contributed by atoms with Crippen LogP contribution in [0.25, 0.3) is 0 Å². The van der Waals surface area contributed by atoms with Gasteiger partial charge in [0.1, 0.15) is 17.6 Å². The molecule has 0 spiro atoms. The highest BCUT2D eigenvalue weighted by molar-refractivity contribution is 5.86. The molecule has 0 rings (SSSR count). The molecule has 0 fully saturated rings. The first-order valence-corrected chi connectivity index (χ1v) is 5.10. The van der Waals surface area contributed by atoms with Crippen LogP contribution in [0.2, 0.25) is 0 Å². The van der Waals surface area contributed by atoms with Gasteiger partial charge in [0, 0.05) is 0 Å². The third kappa shape index (κ3) is 5.35. The van der Waals surface area contributed by atoms with Crippen LogP contribution in [0.4, 0.5) is 0 Å². The maximum Gasteiger partial charge on any atom is 0.328 e. The van der Waals surface area contributed by atoms with Crippen LogP contribution < -0.4 is 5.32 Å². The zero-order chi connectivity index (χ0) is 12.9. The van der Waals surface area contributed by atoms with E-state index in [0.717, 1.165) is 0 Å². The van der Waals surface area contributed by atoms with Crippen molar-refractivity contribution >= 4 is 11.9 Å². The molecule has 0 radical (unpaired) electrons. The van der Waals surface area contributed by atoms with Crippen LogP contribution in [0, 0.1) is 17.2 Å². The number of nitrogens with zero attached hydrogens (tertiary/aromatic N) is 1. The Kier molecular flexibility index (Phi) is 4.96. The van der Waals surface area contributed by atoms with E-state index in [1.54, 1.807) is 26.8 Å². The Labute approximate surface area is 95.8 Å². The predicted molar refractivity (Wildman–Crippen MR) is 58.2 cm³/mol. The molecule has 1 N–H and O–H groups in total. The van der Waals surface area contributed by atoms with Gasteiger partial charge in [-0.05, 0) is 34.6 Å². The molecule has 2 unspecified atom stereocenters. The SMILES string of the molecule is CC(C#N)C(=O)NC(C)C(=O)OC(C)(C)C. The average molecular weight is 226 g/mol. The highest BCUT2D eigenvalue weighted by Gasteiger charge is 2.24. The van der Waals surface area contributed by atoms with Crippen molar-refractivity contribution in [2.24, 2.45) is 5.92 Å². The van der Waals surface area contributed by atoms with Gasteiger partial charge in [-0.15, -0.1) is 0 Å². The van der Waals surface area contributed by atoms with E-state index in [1.165, 1.54) is 13.8 Å². The molecule has 0 aromatic carbocycles. The van der Waals surface area contributed by atoms with Crippen LogP contribution in [-0.2, 0) is 14.3 Å². The molecule has 0 saturated carbocycles. The maximum atomic E-state index is 11.5. The summed E-state index contributed by atoms with van der Waals surface area (Å²) in [5.74, 6) is -1.75. The number of esters is 1. The topological polar surface area (TPSA) is 79.2 Å². The molecule has 0 saturated heterocycles. The smallest absolute Gasteiger partial charge is 0.328 e. The lowest BCUT2D eigenvalue weighted by atomic mass is 10.1. The number of carbonyl (C=O) groups is 2. The largest absolute Gasteiger partial charge is 0.458 e. The monoisotopic (exact) mass is 226 g/mol. The minimum absolute atomic E-state index is 0.471. The summed E-state index contributed by atoms with van der Waals surface area (Å²) in [6.45, 7) is 8.24. The Morgan fingerprint density at radius 1 is 1.31 bits per heavy atom. The summed E-state index contributed by atoms with van der Waals surface area (Å²) in [4.78, 5) is 22.8. The van der Waals surface area contributed by atoms with Crippen molar-refractivity contribution in [1.29, 1.82) is 5.26 Å². The second-order valence-corrected chi connectivity index (χ2v) is 4.61. The molecule has 2 atom stereocenters. The second kappa shape index (κ2) is 5.50. The maximum absolute atomic E-state index is 11.5. The third-order valence-electron chi connectivity index (χ3n) is 1.71. The van der Waals surface area contributed by atoms with Crippen molar-refractivity contribution in [2.45, 2.75) is 46.3 Å². The summed E-state index contributed by atoms with van der Waals surface area (Å²) in [5, 5.41) is 10.9. The molecule has 5 nitrogen and oxygen atoms in total. The molecule has 0 aromatic rings. The number of nitriles is 1. The second-order valence-electron chi connectivity index (χ2n) is 4.61. The Morgan fingerprint density at radius 2 is 1.81 bits per heavy atom. The average Bonchev–Trinajstić information content (AvgIpc) is 2.13. The zero-order valence-electron chi connectivity index (χ0n) is 10.3. The number of hydrogen-bond donors (Lipinski definition) is 1. The van der Waals surface area contributed by atoms with Crippen molar-refractivity contribution < 1.29 is 14.3 Å². The fourth-order valence-electron chi connectivity index (χ4n) is 0.846. The van der Waals surface area contributed by atoms with E-state index in [9.17, 15) is 9.59 Å². The molecular formula is C11H18N2O3. The molecule has 0 bridgehead atoms. The molecule has 0 aromatic heterocycles. The molecule has 0 heterocycles. The van der Waals surface area contributed by atoms with Crippen LogP contribution in [-0.4, -0.2) is 23.5 Å². The van der Waals surface area contributed by atoms with Crippen molar-refractivity contribution in [3.63, 3.8) is 0 Å². The lowest BCUT2D eigenvalue weighted by Crippen LogP contribution is -2.43. The van der Waals surface area contributed by atoms with Gasteiger partial charge in [0.15, 0.2) is 0 Å². The molecule has 0 aliphatic heterocycles. The minimum atomic E-state index is -0.773. The number of rotatable bonds is 3. The molecule has 0 aliphatic rings. The zero-order valence-corrected chi connectivity index (χ0v) is 10.3. The number of amides is 1. The van der Waals surface area contributed by atoms with Gasteiger partial charge >= 0.3 is 5.97 Å². The molecule has 90 valence electrons. The van der Waals surface area contributed by atoms with Gasteiger partial charge in [-0.3, -0.25) is 4.79 Å². The summed E-state index contributed by atoms with van der Waals surface area (Å²) in [6.07, 6.45) is 0. The Balaban J connectivity index is 4.28. The van der Waals surface area contributed by atoms with Crippen molar-refractivity contribution in [1.82, 2.24) is 5.32 Å². The molecule has 0 aliphatic carbocycles. The fraction of sp³-hybridized carbons (Fsp3) is 0.727. The van der Waals surface area contributed by atoms with Crippen molar-refractivity contribution in [2.75, 3.05) is 0 Å². The molecular weight excluding hydrogens is 208 g/mol. The summed E-state index contributed by atoms with van der Waals surface area (Å²) in [6, 6.07) is 1.05. The summed E-state index contributed by atoms with van der Waals surface area (Å²) in [5.41, 5.74) is -0.586. The van der Waals surface area contributed by atoms with E-state index in [2.05, 4.69) is 5.32 Å². The summed E-state index contributed by atoms with van der Waals surface area (Å²) >= 11 is 0. The van der Waals surface area contributed by atoms with E-state index in [4.69, 9.17) is 10.00 Å². The first-order chi connectivity index (χ1) is 7.17. The van der Waals surface area contributed by atoms with Crippen molar-refractivity contribution in [3.8, 4) is 6.07 Å². The van der Waals surface area contributed by atoms with Crippen LogP contribution in [0.1, 0.15) is 34.6 Å². The summed E-state index contributed by atoms with van der Waals surface area (Å²) in [7, 11) is 0. The minimum Gasteiger partial charge on any atom is -0.458 e. The Morgan fingerprint density at radius 3 is 2.19 bits per heavy atom. The van der Waals surface area contributed by atoms with Crippen LogP contribution in [0.5, 0.6) is 0 Å². The van der Waals surface area contributed by atoms with E-state index < -0.39 is 29.4 Å². The molecule has 5 heteroatoms. The highest BCUT2D eigenvalue weighted by atomic mass is 16.6. The van der Waals surface area contributed by atoms with Gasteiger partial charge in [-0.2, -0.15) is 5.26 Å². The lowest BCUT2D eigenvalue weighted by molar-refractivity contribution is -0.158. The fourth-order valence-corrected chi connectivity index (χ4v) is 0.846. The Bertz CT molecular complexity index is 312. The van der Waals surface area contributed by atoms with Gasteiger partial charge in [-0.1, -0.05) is 0 Å². The van der Waals surface area contributed by atoms with Crippen LogP contribution >= 0.6 is 0 Å². The standard InChI is InChI=1S/C11H18N2O3/c1-7(6-12)9(14)13-8(2)10(15)16-11(3,4)5/h7-8H,1-5H3,(H,13,14). The highest BCUT2D eigenvalue weighted by Crippen LogP contribution is 2.08. The van der Waals surface area contributed by atoms with Gasteiger partial charge in [-0.25, -0.2) is 4.79 Å². The van der Waals surface area contributed by atoms with Gasteiger partial charge in [0.25, 0.3) is 0 Å². The normalized spacial score (nSPS) is 14.5. The number of carbonyl (C=O) groups excluding carboxylic acids is 2. The van der Waals surface area contributed by atoms with E-state index in [-0.39, 0.29) is 0 Å². The molecule has 1 amide bonds. The first kappa shape index (κ1) is 14.4. The Hall–Kier alpha value is -1.57. The van der Waals surface area contributed by atoms with Gasteiger partial charge in [0.2, 0.25) is 5.91 Å². The summed E-state index contributed by atoms with van der Waals surface area (Å²) < 4.78 is 5.08. The van der Waals surface area contributed by atoms with E-state index in [0.29, 0.717) is 0 Å². The van der Waals surface area contributed by atoms with Crippen molar-refractivity contribution in [3.05, 3.63) is 0 Å². The number of ether oxygens (including phenoxy) is 1. The quantitative estimate of drug-likeness (QED) is 0.728. The van der Waals surface area contributed by atoms with Crippen LogP contribution in [0.15, 0.2) is 0 Å². The van der Waals surface area contributed by atoms with Crippen LogP contribution in [0.3, 0.4) is 0 Å². The lowest BCUT2D eigenvalue weighted by Gasteiger charge is -2.22.